The van der Waals surface area contributed by atoms with E-state index < -0.39 is 12.1 Å². The zero-order valence-corrected chi connectivity index (χ0v) is 17.9. The summed E-state index contributed by atoms with van der Waals surface area (Å²) in [6.45, 7) is 2.49. The van der Waals surface area contributed by atoms with Crippen LogP contribution < -0.4 is 5.32 Å². The molecule has 0 aromatic heterocycles. The third-order valence-corrected chi connectivity index (χ3v) is 4.77. The van der Waals surface area contributed by atoms with Crippen LogP contribution in [0, 0.1) is 0 Å². The molecule has 0 aliphatic rings. The molecule has 0 saturated heterocycles. The van der Waals surface area contributed by atoms with Crippen LogP contribution in [-0.4, -0.2) is 36.7 Å². The molecule has 166 valence electrons. The summed E-state index contributed by atoms with van der Waals surface area (Å²) in [4.78, 5) is 35.2. The molecule has 0 aliphatic heterocycles. The number of esters is 2. The lowest BCUT2D eigenvalue weighted by molar-refractivity contribution is -0.150. The second-order valence-electron chi connectivity index (χ2n) is 7.07. The molecule has 0 saturated carbocycles. The average Bonchev–Trinajstić information content (AvgIpc) is 2.80. The van der Waals surface area contributed by atoms with Gasteiger partial charge in [-0.05, 0) is 55.0 Å². The maximum atomic E-state index is 12.1. The van der Waals surface area contributed by atoms with E-state index in [1.165, 1.54) is 7.11 Å². The van der Waals surface area contributed by atoms with Gasteiger partial charge in [-0.25, -0.2) is 9.59 Å². The molecular weight excluding hydrogens is 398 g/mol. The first-order chi connectivity index (χ1) is 14.9. The summed E-state index contributed by atoms with van der Waals surface area (Å²) in [7, 11) is 1.22. The van der Waals surface area contributed by atoms with E-state index in [0.717, 1.165) is 30.4 Å². The predicted octanol–water partition coefficient (Wildman–Crippen LogP) is 3.10. The lowest BCUT2D eigenvalue weighted by Crippen LogP contribution is -2.22. The largest absolute Gasteiger partial charge is 0.467 e. The van der Waals surface area contributed by atoms with Crippen LogP contribution in [0.15, 0.2) is 48.5 Å². The molecule has 1 unspecified atom stereocenters. The summed E-state index contributed by atoms with van der Waals surface area (Å²) >= 11 is 0. The van der Waals surface area contributed by atoms with Crippen molar-refractivity contribution in [3.8, 4) is 0 Å². The van der Waals surface area contributed by atoms with Gasteiger partial charge in [0.05, 0.1) is 19.3 Å². The van der Waals surface area contributed by atoms with E-state index in [4.69, 9.17) is 4.74 Å². The van der Waals surface area contributed by atoms with Crippen molar-refractivity contribution in [3.05, 3.63) is 70.8 Å². The lowest BCUT2D eigenvalue weighted by Gasteiger charge is -2.10. The molecular formula is C24H29NO6. The number of hydrogen-bond acceptors (Lipinski definition) is 6. The number of nitrogens with one attached hydrogen (secondary N) is 1. The van der Waals surface area contributed by atoms with Crippen LogP contribution in [0.4, 0.5) is 0 Å². The highest BCUT2D eigenvalue weighted by Crippen LogP contribution is 2.15. The normalized spacial score (nSPS) is 11.5. The van der Waals surface area contributed by atoms with Crippen molar-refractivity contribution >= 4 is 17.8 Å². The van der Waals surface area contributed by atoms with Gasteiger partial charge in [0.15, 0.2) is 6.10 Å². The number of aryl methyl sites for hydroxylation is 1. The van der Waals surface area contributed by atoms with Crippen LogP contribution >= 0.6 is 0 Å². The van der Waals surface area contributed by atoms with Crippen LogP contribution in [0.1, 0.15) is 59.3 Å². The van der Waals surface area contributed by atoms with Crippen molar-refractivity contribution in [2.45, 2.75) is 45.3 Å². The molecule has 2 N–H and O–H groups in total. The number of carbonyl (C=O) groups is 3. The second kappa shape index (κ2) is 12.5. The Hall–Kier alpha value is -3.19. The summed E-state index contributed by atoms with van der Waals surface area (Å²) in [5.74, 6) is -1.08. The number of hydrogen-bond donors (Lipinski definition) is 2. The maximum absolute atomic E-state index is 12.1. The van der Waals surface area contributed by atoms with Crippen LogP contribution in [-0.2, 0) is 32.0 Å². The summed E-state index contributed by atoms with van der Waals surface area (Å²) in [5, 5.41) is 12.7. The Kier molecular flexibility index (Phi) is 9.71. The third kappa shape index (κ3) is 7.86. The van der Waals surface area contributed by atoms with E-state index >= 15 is 0 Å². The monoisotopic (exact) mass is 427 g/mol. The van der Waals surface area contributed by atoms with Gasteiger partial charge in [0.2, 0.25) is 5.91 Å². The number of benzene rings is 2. The van der Waals surface area contributed by atoms with Gasteiger partial charge < -0.3 is 19.9 Å². The van der Waals surface area contributed by atoms with Crippen molar-refractivity contribution in [1.29, 1.82) is 0 Å². The summed E-state index contributed by atoms with van der Waals surface area (Å²) < 4.78 is 9.52. The molecule has 0 bridgehead atoms. The molecule has 2 aromatic carbocycles. The Morgan fingerprint density at radius 3 is 2.45 bits per heavy atom. The molecule has 1 atom stereocenters. The topological polar surface area (TPSA) is 102 Å². The molecule has 0 fully saturated rings. The number of carbonyl (C=O) groups excluding carboxylic acids is 3. The van der Waals surface area contributed by atoms with Crippen LogP contribution in [0.5, 0.6) is 0 Å². The number of unbranched alkanes of at least 4 members (excludes halogenated alkanes) is 1. The number of aliphatic hydroxyl groups is 1. The fourth-order valence-corrected chi connectivity index (χ4v) is 3.04. The number of aliphatic hydroxyl groups excluding tert-OH is 1. The van der Waals surface area contributed by atoms with Crippen molar-refractivity contribution in [2.24, 2.45) is 0 Å². The minimum atomic E-state index is -1.31. The molecule has 0 aliphatic carbocycles. The Labute approximate surface area is 182 Å². The third-order valence-electron chi connectivity index (χ3n) is 4.77. The molecule has 0 spiro atoms. The zero-order valence-electron chi connectivity index (χ0n) is 17.9. The van der Waals surface area contributed by atoms with Gasteiger partial charge in [-0.1, -0.05) is 36.4 Å². The molecule has 1 amide bonds. The Balaban J connectivity index is 1.70. The number of amides is 1. The van der Waals surface area contributed by atoms with Crippen molar-refractivity contribution in [3.63, 3.8) is 0 Å². The van der Waals surface area contributed by atoms with E-state index in [1.807, 2.05) is 18.2 Å². The van der Waals surface area contributed by atoms with Gasteiger partial charge in [-0.15, -0.1) is 0 Å². The molecule has 0 radical (unpaired) electrons. The number of ether oxygens (including phenoxy) is 2. The van der Waals surface area contributed by atoms with Gasteiger partial charge >= 0.3 is 11.9 Å². The Bertz CT molecular complexity index is 878. The zero-order chi connectivity index (χ0) is 22.6. The fraction of sp³-hybridized carbons (Fsp3) is 0.375. The highest BCUT2D eigenvalue weighted by molar-refractivity contribution is 5.89. The van der Waals surface area contributed by atoms with Crippen molar-refractivity contribution in [2.75, 3.05) is 13.7 Å². The number of methoxy groups -OCH3 is 1. The molecule has 7 heteroatoms. The first-order valence-electron chi connectivity index (χ1n) is 10.3. The minimum absolute atomic E-state index is 0.0426. The van der Waals surface area contributed by atoms with Gasteiger partial charge in [0, 0.05) is 13.0 Å². The van der Waals surface area contributed by atoms with Gasteiger partial charge in [-0.2, -0.15) is 0 Å². The maximum Gasteiger partial charge on any atom is 0.339 e. The second-order valence-corrected chi connectivity index (χ2v) is 7.07. The smallest absolute Gasteiger partial charge is 0.339 e. The molecule has 2 rings (SSSR count). The van der Waals surface area contributed by atoms with E-state index in [1.54, 1.807) is 37.3 Å². The van der Waals surface area contributed by atoms with Crippen molar-refractivity contribution in [1.82, 2.24) is 5.32 Å². The van der Waals surface area contributed by atoms with E-state index in [-0.39, 0.29) is 11.9 Å². The first-order valence-corrected chi connectivity index (χ1v) is 10.3. The Morgan fingerprint density at radius 1 is 1.03 bits per heavy atom. The number of rotatable bonds is 11. The molecule has 2 aromatic rings. The summed E-state index contributed by atoms with van der Waals surface area (Å²) in [6.07, 6.45) is 1.45. The van der Waals surface area contributed by atoms with E-state index in [9.17, 15) is 19.5 Å². The Morgan fingerprint density at radius 2 is 1.77 bits per heavy atom. The SMILES string of the molecule is CCOC(=O)c1cccc(CCCCC(=O)NCc2ccc(C(O)C(=O)OC)cc2)c1. The van der Waals surface area contributed by atoms with Crippen LogP contribution in [0.25, 0.3) is 0 Å². The minimum Gasteiger partial charge on any atom is -0.467 e. The highest BCUT2D eigenvalue weighted by atomic mass is 16.5. The summed E-state index contributed by atoms with van der Waals surface area (Å²) in [5.41, 5.74) is 2.89. The quantitative estimate of drug-likeness (QED) is 0.422. The molecule has 0 heterocycles. The predicted molar refractivity (Wildman–Crippen MR) is 115 cm³/mol. The average molecular weight is 427 g/mol. The highest BCUT2D eigenvalue weighted by Gasteiger charge is 2.17. The van der Waals surface area contributed by atoms with Gasteiger partial charge in [-0.3, -0.25) is 4.79 Å². The molecule has 31 heavy (non-hydrogen) atoms. The van der Waals surface area contributed by atoms with Crippen molar-refractivity contribution < 1.29 is 29.0 Å². The fourth-order valence-electron chi connectivity index (χ4n) is 3.04. The van der Waals surface area contributed by atoms with Gasteiger partial charge in [0.1, 0.15) is 0 Å². The van der Waals surface area contributed by atoms with E-state index in [0.29, 0.717) is 30.7 Å². The van der Waals surface area contributed by atoms with Crippen LogP contribution in [0.2, 0.25) is 0 Å². The van der Waals surface area contributed by atoms with Crippen LogP contribution in [0.3, 0.4) is 0 Å². The van der Waals surface area contributed by atoms with E-state index in [2.05, 4.69) is 10.1 Å². The first kappa shape index (κ1) is 24.1. The summed E-state index contributed by atoms with van der Waals surface area (Å²) in [6, 6.07) is 14.1. The standard InChI is InChI=1S/C24H29NO6/c1-3-31-23(28)20-9-6-8-17(15-20)7-4-5-10-21(26)25-16-18-11-13-19(14-12-18)22(27)24(29)30-2/h6,8-9,11-15,22,27H,3-5,7,10,16H2,1-2H3,(H,25,26). The van der Waals surface area contributed by atoms with Gasteiger partial charge in [0.25, 0.3) is 0 Å². The lowest BCUT2D eigenvalue weighted by atomic mass is 10.0. The molecule has 7 nitrogen and oxygen atoms in total.